The molecular weight excluding hydrogens is 314 g/mol. The quantitative estimate of drug-likeness (QED) is 0.904. The maximum atomic E-state index is 12.0. The molecule has 134 valence electrons. The third-order valence-corrected chi connectivity index (χ3v) is 3.75. The molecule has 1 amide bonds. The van der Waals surface area contributed by atoms with Crippen molar-refractivity contribution in [3.63, 3.8) is 0 Å². The van der Waals surface area contributed by atoms with Crippen LogP contribution in [0.4, 0.5) is 4.79 Å². The molecule has 24 heavy (non-hydrogen) atoms. The van der Waals surface area contributed by atoms with E-state index in [4.69, 9.17) is 19.0 Å². The smallest absolute Gasteiger partial charge is 0.410 e. The molecule has 0 saturated carbocycles. The summed E-state index contributed by atoms with van der Waals surface area (Å²) >= 11 is 0. The number of amides is 1. The summed E-state index contributed by atoms with van der Waals surface area (Å²) in [5.74, 6) is 0.611. The zero-order valence-electron chi connectivity index (χ0n) is 14.4. The summed E-state index contributed by atoms with van der Waals surface area (Å²) in [5.41, 5.74) is -0.803. The van der Waals surface area contributed by atoms with E-state index in [1.165, 1.54) is 12.3 Å². The number of aliphatic hydroxyl groups is 1. The molecular formula is C17H25NO6. The minimum Gasteiger partial charge on any atom is -0.486 e. The summed E-state index contributed by atoms with van der Waals surface area (Å²) in [6.07, 6.45) is 2.52. The van der Waals surface area contributed by atoms with Crippen LogP contribution in [0.3, 0.4) is 0 Å². The lowest BCUT2D eigenvalue weighted by molar-refractivity contribution is 0.0164. The second kappa shape index (κ2) is 7.70. The highest BCUT2D eigenvalue weighted by Gasteiger charge is 2.27. The molecule has 2 rings (SSSR count). The summed E-state index contributed by atoms with van der Waals surface area (Å²) < 4.78 is 16.0. The second-order valence-electron chi connectivity index (χ2n) is 6.95. The Morgan fingerprint density at radius 3 is 2.58 bits per heavy atom. The van der Waals surface area contributed by atoms with Gasteiger partial charge in [-0.25, -0.2) is 4.79 Å². The number of piperidine rings is 1. The van der Waals surface area contributed by atoms with Crippen LogP contribution >= 0.6 is 0 Å². The van der Waals surface area contributed by atoms with E-state index in [0.717, 1.165) is 12.8 Å². The highest BCUT2D eigenvalue weighted by atomic mass is 16.6. The molecule has 1 aromatic rings. The number of rotatable bonds is 4. The topological polar surface area (TPSA) is 89.2 Å². The summed E-state index contributed by atoms with van der Waals surface area (Å²) in [7, 11) is 0. The number of carbonyl (C=O) groups is 1. The van der Waals surface area contributed by atoms with Crippen LogP contribution in [0.5, 0.6) is 5.75 Å². The number of ether oxygens (including phenoxy) is 2. The van der Waals surface area contributed by atoms with Gasteiger partial charge in [-0.2, -0.15) is 0 Å². The molecule has 1 fully saturated rings. The molecule has 0 unspecified atom stereocenters. The standard InChI is InChI=1S/C17H25NO6/c1-17(2,3)24-16(21)18-6-4-12(5-7-18)10-23-15-11-22-13(9-19)8-14(15)20/h8,11-12,19H,4-7,9-10H2,1-3H3. The Labute approximate surface area is 141 Å². The summed E-state index contributed by atoms with van der Waals surface area (Å²) in [6, 6.07) is 1.22. The third kappa shape index (κ3) is 5.26. The van der Waals surface area contributed by atoms with Gasteiger partial charge >= 0.3 is 6.09 Å². The molecule has 7 heteroatoms. The van der Waals surface area contributed by atoms with Crippen molar-refractivity contribution in [1.29, 1.82) is 0 Å². The lowest BCUT2D eigenvalue weighted by Gasteiger charge is -2.33. The predicted octanol–water partition coefficient (Wildman–Crippen LogP) is 2.16. The van der Waals surface area contributed by atoms with Gasteiger partial charge < -0.3 is 23.9 Å². The summed E-state index contributed by atoms with van der Waals surface area (Å²) in [4.78, 5) is 25.5. The average Bonchev–Trinajstić information content (AvgIpc) is 2.52. The van der Waals surface area contributed by atoms with Gasteiger partial charge in [0.2, 0.25) is 11.2 Å². The van der Waals surface area contributed by atoms with Gasteiger partial charge in [0, 0.05) is 19.2 Å². The highest BCUT2D eigenvalue weighted by Crippen LogP contribution is 2.20. The molecule has 0 atom stereocenters. The Morgan fingerprint density at radius 2 is 2.04 bits per heavy atom. The van der Waals surface area contributed by atoms with Gasteiger partial charge in [0.05, 0.1) is 6.61 Å². The Morgan fingerprint density at radius 1 is 1.38 bits per heavy atom. The van der Waals surface area contributed by atoms with Crippen molar-refractivity contribution in [2.45, 2.75) is 45.8 Å². The molecule has 0 radical (unpaired) electrons. The van der Waals surface area contributed by atoms with Gasteiger partial charge in [0.25, 0.3) is 0 Å². The summed E-state index contributed by atoms with van der Waals surface area (Å²) in [5, 5.41) is 8.91. The van der Waals surface area contributed by atoms with Crippen molar-refractivity contribution in [3.8, 4) is 5.75 Å². The van der Waals surface area contributed by atoms with Crippen LogP contribution in [-0.4, -0.2) is 41.4 Å². The van der Waals surface area contributed by atoms with Crippen molar-refractivity contribution >= 4 is 6.09 Å². The van der Waals surface area contributed by atoms with Crippen molar-refractivity contribution < 1.29 is 23.8 Å². The van der Waals surface area contributed by atoms with Crippen LogP contribution in [0.25, 0.3) is 0 Å². The van der Waals surface area contributed by atoms with Crippen LogP contribution in [0.2, 0.25) is 0 Å². The number of nitrogens with zero attached hydrogens (tertiary/aromatic N) is 1. The molecule has 1 aliphatic heterocycles. The third-order valence-electron chi connectivity index (χ3n) is 3.75. The first-order chi connectivity index (χ1) is 11.3. The molecule has 0 aromatic carbocycles. The minimum atomic E-state index is -0.494. The fraction of sp³-hybridized carbons (Fsp3) is 0.647. The fourth-order valence-corrected chi connectivity index (χ4v) is 2.44. The molecule has 1 aliphatic rings. The maximum Gasteiger partial charge on any atom is 0.410 e. The van der Waals surface area contributed by atoms with E-state index in [9.17, 15) is 9.59 Å². The summed E-state index contributed by atoms with van der Waals surface area (Å²) in [6.45, 7) is 6.84. The lowest BCUT2D eigenvalue weighted by Crippen LogP contribution is -2.42. The van der Waals surface area contributed by atoms with Gasteiger partial charge in [-0.15, -0.1) is 0 Å². The number of aliphatic hydroxyl groups excluding tert-OH is 1. The zero-order valence-corrected chi connectivity index (χ0v) is 14.4. The molecule has 0 bridgehead atoms. The van der Waals surface area contributed by atoms with E-state index >= 15 is 0 Å². The van der Waals surface area contributed by atoms with E-state index in [0.29, 0.717) is 19.7 Å². The SMILES string of the molecule is CC(C)(C)OC(=O)N1CCC(COc2coc(CO)cc2=O)CC1. The van der Waals surface area contributed by atoms with Gasteiger partial charge in [-0.3, -0.25) is 4.79 Å². The Hall–Kier alpha value is -2.02. The normalized spacial score (nSPS) is 16.1. The van der Waals surface area contributed by atoms with Crippen LogP contribution in [0.1, 0.15) is 39.4 Å². The van der Waals surface area contributed by atoms with Crippen molar-refractivity contribution in [2.75, 3.05) is 19.7 Å². The number of carbonyl (C=O) groups excluding carboxylic acids is 1. The molecule has 7 nitrogen and oxygen atoms in total. The molecule has 2 heterocycles. The van der Waals surface area contributed by atoms with Crippen molar-refractivity contribution in [2.24, 2.45) is 5.92 Å². The monoisotopic (exact) mass is 339 g/mol. The number of hydrogen-bond donors (Lipinski definition) is 1. The van der Waals surface area contributed by atoms with E-state index in [2.05, 4.69) is 0 Å². The van der Waals surface area contributed by atoms with Crippen LogP contribution in [0, 0.1) is 5.92 Å². The largest absolute Gasteiger partial charge is 0.486 e. The molecule has 1 N–H and O–H groups in total. The van der Waals surface area contributed by atoms with Crippen molar-refractivity contribution in [3.05, 3.63) is 28.3 Å². The lowest BCUT2D eigenvalue weighted by atomic mass is 9.98. The highest BCUT2D eigenvalue weighted by molar-refractivity contribution is 5.68. The van der Waals surface area contributed by atoms with Crippen molar-refractivity contribution in [1.82, 2.24) is 4.90 Å². The fourth-order valence-electron chi connectivity index (χ4n) is 2.44. The Balaban J connectivity index is 1.79. The molecule has 1 aromatic heterocycles. The zero-order chi connectivity index (χ0) is 17.7. The van der Waals surface area contributed by atoms with E-state index in [1.54, 1.807) is 4.90 Å². The average molecular weight is 339 g/mol. The van der Waals surface area contributed by atoms with Gasteiger partial charge in [0.1, 0.15) is 24.2 Å². The Bertz CT molecular complexity index is 610. The van der Waals surface area contributed by atoms with Gasteiger partial charge in [-0.05, 0) is 39.5 Å². The molecule has 1 saturated heterocycles. The van der Waals surface area contributed by atoms with E-state index in [1.807, 2.05) is 20.8 Å². The van der Waals surface area contributed by atoms with E-state index < -0.39 is 5.60 Å². The van der Waals surface area contributed by atoms with Gasteiger partial charge in [0.15, 0.2) is 0 Å². The second-order valence-corrected chi connectivity index (χ2v) is 6.95. The van der Waals surface area contributed by atoms with Crippen LogP contribution < -0.4 is 10.2 Å². The first kappa shape index (κ1) is 18.3. The Kier molecular flexibility index (Phi) is 5.88. The van der Waals surface area contributed by atoms with Crippen LogP contribution in [0.15, 0.2) is 21.5 Å². The van der Waals surface area contributed by atoms with E-state index in [-0.39, 0.29) is 35.6 Å². The predicted molar refractivity (Wildman–Crippen MR) is 86.9 cm³/mol. The van der Waals surface area contributed by atoms with Gasteiger partial charge in [-0.1, -0.05) is 0 Å². The molecule has 0 spiro atoms. The van der Waals surface area contributed by atoms with Crippen LogP contribution in [-0.2, 0) is 11.3 Å². The number of likely N-dealkylation sites (tertiary alicyclic amines) is 1. The first-order valence-corrected chi connectivity index (χ1v) is 8.12. The number of hydrogen-bond acceptors (Lipinski definition) is 6. The maximum absolute atomic E-state index is 12.0. The first-order valence-electron chi connectivity index (χ1n) is 8.12. The molecule has 0 aliphatic carbocycles. The minimum absolute atomic E-state index is 0.141.